The maximum atomic E-state index is 6.32. The van der Waals surface area contributed by atoms with Gasteiger partial charge >= 0.3 is 0 Å². The summed E-state index contributed by atoms with van der Waals surface area (Å²) < 4.78 is 0. The van der Waals surface area contributed by atoms with E-state index in [-0.39, 0.29) is 5.41 Å². The van der Waals surface area contributed by atoms with Gasteiger partial charge in [0.2, 0.25) is 5.96 Å². The fourth-order valence-electron chi connectivity index (χ4n) is 4.21. The summed E-state index contributed by atoms with van der Waals surface area (Å²) in [4.78, 5) is 15.2. The van der Waals surface area contributed by atoms with Crippen LogP contribution >= 0.6 is 11.6 Å². The van der Waals surface area contributed by atoms with Crippen molar-refractivity contribution in [2.75, 3.05) is 43.4 Å². The number of piperazine rings is 1. The Kier molecular flexibility index (Phi) is 6.10. The number of amidine groups is 1. The number of aromatic amines is 1. The van der Waals surface area contributed by atoms with Crippen LogP contribution in [-0.4, -0.2) is 54.4 Å². The summed E-state index contributed by atoms with van der Waals surface area (Å²) in [7, 11) is 0. The Labute approximate surface area is 199 Å². The molecule has 0 amide bonds. The van der Waals surface area contributed by atoms with E-state index in [0.29, 0.717) is 17.5 Å². The topological polar surface area (TPSA) is 79.8 Å². The molecule has 0 unspecified atom stereocenters. The Hall–Kier alpha value is -2.87. The number of benzene rings is 2. The zero-order valence-corrected chi connectivity index (χ0v) is 19.8. The molecule has 3 aromatic rings. The van der Waals surface area contributed by atoms with Gasteiger partial charge in [0, 0.05) is 61.1 Å². The average Bonchev–Trinajstić information content (AvgIpc) is 3.31. The van der Waals surface area contributed by atoms with Gasteiger partial charge in [-0.1, -0.05) is 37.6 Å². The first-order valence-corrected chi connectivity index (χ1v) is 11.8. The number of aromatic nitrogens is 1. The fraction of sp³-hybridized carbons (Fsp3) is 0.360. The van der Waals surface area contributed by atoms with E-state index in [2.05, 4.69) is 68.9 Å². The third-order valence-electron chi connectivity index (χ3n) is 6.23. The largest absolute Gasteiger partial charge is 0.360 e. The monoisotopic (exact) mass is 463 g/mol. The zero-order chi connectivity index (χ0) is 22.8. The molecule has 8 heteroatoms. The van der Waals surface area contributed by atoms with E-state index in [4.69, 9.17) is 16.6 Å². The lowest BCUT2D eigenvalue weighted by Crippen LogP contribution is -2.42. The summed E-state index contributed by atoms with van der Waals surface area (Å²) in [6.07, 6.45) is 1.90. The van der Waals surface area contributed by atoms with Crippen molar-refractivity contribution in [2.45, 2.75) is 20.4 Å². The van der Waals surface area contributed by atoms with Crippen molar-refractivity contribution in [2.24, 2.45) is 15.4 Å². The van der Waals surface area contributed by atoms with Crippen molar-refractivity contribution < 1.29 is 0 Å². The molecule has 0 radical (unpaired) electrons. The summed E-state index contributed by atoms with van der Waals surface area (Å²) in [5, 5.41) is 12.1. The minimum absolute atomic E-state index is 0.208. The molecule has 0 bridgehead atoms. The van der Waals surface area contributed by atoms with Crippen molar-refractivity contribution in [3.05, 3.63) is 59.2 Å². The minimum Gasteiger partial charge on any atom is -0.360 e. The maximum absolute atomic E-state index is 6.32. The van der Waals surface area contributed by atoms with Crippen LogP contribution in [0, 0.1) is 5.41 Å². The molecule has 4 N–H and O–H groups in total. The number of rotatable bonds is 4. The normalized spacial score (nSPS) is 18.6. The van der Waals surface area contributed by atoms with Crippen molar-refractivity contribution in [3.8, 4) is 0 Å². The van der Waals surface area contributed by atoms with Crippen LogP contribution in [-0.2, 0) is 6.54 Å². The van der Waals surface area contributed by atoms with Gasteiger partial charge in [0.15, 0.2) is 0 Å². The van der Waals surface area contributed by atoms with Crippen LogP contribution < -0.4 is 16.0 Å². The molecule has 5 rings (SSSR count). The summed E-state index contributed by atoms with van der Waals surface area (Å²) >= 11 is 6.32. The number of halogens is 1. The highest BCUT2D eigenvalue weighted by molar-refractivity contribution is 6.35. The molecule has 3 heterocycles. The highest BCUT2D eigenvalue weighted by Gasteiger charge is 2.29. The standard InChI is InChI=1S/C25H30ClN7/c1-25(2)16-29-24(30-18-5-3-17(4-6-18)15-33-13-11-27-12-14-33)32-23(25)31-21-8-7-20(26)22-19(21)9-10-28-22/h3-10,27-28H,11-16H2,1-2H3,(H2,29,30,31,32). The summed E-state index contributed by atoms with van der Waals surface area (Å²) in [5.74, 6) is 1.49. The van der Waals surface area contributed by atoms with E-state index in [1.807, 2.05) is 24.4 Å². The number of nitrogens with zero attached hydrogens (tertiary/aromatic N) is 3. The SMILES string of the molecule is CC1(C)CN=C(Nc2ccc(CN3CCNCC3)cc2)N=C1Nc1ccc(Cl)c2[nH]ccc12. The number of anilines is 2. The van der Waals surface area contributed by atoms with E-state index in [1.165, 1.54) is 5.56 Å². The third-order valence-corrected chi connectivity index (χ3v) is 6.55. The van der Waals surface area contributed by atoms with Crippen LogP contribution in [0.3, 0.4) is 0 Å². The molecule has 0 saturated carbocycles. The second-order valence-electron chi connectivity index (χ2n) is 9.32. The molecular formula is C25H30ClN7. The van der Waals surface area contributed by atoms with Crippen LogP contribution in [0.5, 0.6) is 0 Å². The first kappa shape index (κ1) is 21.9. The fourth-order valence-corrected chi connectivity index (χ4v) is 4.43. The Morgan fingerprint density at radius 1 is 1.03 bits per heavy atom. The first-order chi connectivity index (χ1) is 16.0. The number of guanidine groups is 1. The Morgan fingerprint density at radius 3 is 2.61 bits per heavy atom. The zero-order valence-electron chi connectivity index (χ0n) is 19.1. The van der Waals surface area contributed by atoms with Crippen molar-refractivity contribution in [1.29, 1.82) is 0 Å². The second-order valence-corrected chi connectivity index (χ2v) is 9.73. The third kappa shape index (κ3) is 4.90. The van der Waals surface area contributed by atoms with Gasteiger partial charge in [-0.25, -0.2) is 4.99 Å². The van der Waals surface area contributed by atoms with Gasteiger partial charge in [-0.3, -0.25) is 4.90 Å². The van der Waals surface area contributed by atoms with Crippen molar-refractivity contribution >= 4 is 45.7 Å². The molecule has 2 aromatic carbocycles. The second kappa shape index (κ2) is 9.17. The van der Waals surface area contributed by atoms with Gasteiger partial charge in [0.25, 0.3) is 0 Å². The molecule has 0 atom stereocenters. The van der Waals surface area contributed by atoms with E-state index in [0.717, 1.165) is 60.8 Å². The van der Waals surface area contributed by atoms with Crippen molar-refractivity contribution in [3.63, 3.8) is 0 Å². The maximum Gasteiger partial charge on any atom is 0.224 e. The molecule has 7 nitrogen and oxygen atoms in total. The lowest BCUT2D eigenvalue weighted by Gasteiger charge is -2.29. The van der Waals surface area contributed by atoms with Crippen molar-refractivity contribution in [1.82, 2.24) is 15.2 Å². The highest BCUT2D eigenvalue weighted by Crippen LogP contribution is 2.31. The molecule has 172 valence electrons. The van der Waals surface area contributed by atoms with Gasteiger partial charge < -0.3 is 20.9 Å². The van der Waals surface area contributed by atoms with Gasteiger partial charge in [-0.15, -0.1) is 0 Å². The van der Waals surface area contributed by atoms with Gasteiger partial charge in [-0.05, 0) is 35.9 Å². The van der Waals surface area contributed by atoms with Crippen LogP contribution in [0.15, 0.2) is 58.6 Å². The molecule has 33 heavy (non-hydrogen) atoms. The predicted octanol–water partition coefficient (Wildman–Crippen LogP) is 4.54. The van der Waals surface area contributed by atoms with Crippen LogP contribution in [0.25, 0.3) is 10.9 Å². The number of nitrogens with one attached hydrogen (secondary N) is 4. The molecule has 1 fully saturated rings. The number of H-pyrrole nitrogens is 1. The van der Waals surface area contributed by atoms with Crippen LogP contribution in [0.4, 0.5) is 11.4 Å². The lowest BCUT2D eigenvalue weighted by molar-refractivity contribution is 0.233. The van der Waals surface area contributed by atoms with Gasteiger partial charge in [0.05, 0.1) is 17.1 Å². The lowest BCUT2D eigenvalue weighted by atomic mass is 9.90. The van der Waals surface area contributed by atoms with E-state index >= 15 is 0 Å². The molecule has 1 aromatic heterocycles. The Balaban J connectivity index is 1.30. The van der Waals surface area contributed by atoms with Crippen LogP contribution in [0.2, 0.25) is 5.02 Å². The predicted molar refractivity (Wildman–Crippen MR) is 139 cm³/mol. The molecule has 0 aliphatic carbocycles. The first-order valence-electron chi connectivity index (χ1n) is 11.4. The minimum atomic E-state index is -0.208. The van der Waals surface area contributed by atoms with Crippen LogP contribution in [0.1, 0.15) is 19.4 Å². The number of fused-ring (bicyclic) bond motifs is 1. The van der Waals surface area contributed by atoms with E-state index in [1.54, 1.807) is 0 Å². The van der Waals surface area contributed by atoms with E-state index in [9.17, 15) is 0 Å². The van der Waals surface area contributed by atoms with Gasteiger partial charge in [0.1, 0.15) is 5.84 Å². The summed E-state index contributed by atoms with van der Waals surface area (Å²) in [5.41, 5.74) is 3.99. The number of hydrogen-bond donors (Lipinski definition) is 4. The Morgan fingerprint density at radius 2 is 1.82 bits per heavy atom. The molecular weight excluding hydrogens is 434 g/mol. The number of hydrogen-bond acceptors (Lipinski definition) is 6. The smallest absolute Gasteiger partial charge is 0.224 e. The molecule has 2 aliphatic rings. The van der Waals surface area contributed by atoms with E-state index < -0.39 is 0 Å². The molecule has 1 saturated heterocycles. The summed E-state index contributed by atoms with van der Waals surface area (Å²) in [6, 6.07) is 14.5. The number of aliphatic imine (C=N–C) groups is 2. The molecule has 0 spiro atoms. The molecule has 2 aliphatic heterocycles. The summed E-state index contributed by atoms with van der Waals surface area (Å²) in [6.45, 7) is 10.2. The Bertz CT molecular complexity index is 1190. The quantitative estimate of drug-likeness (QED) is 0.458. The van der Waals surface area contributed by atoms with Gasteiger partial charge in [-0.2, -0.15) is 4.99 Å². The highest BCUT2D eigenvalue weighted by atomic mass is 35.5. The average molecular weight is 464 g/mol.